The zero-order valence-electron chi connectivity index (χ0n) is 13.0. The monoisotopic (exact) mass is 331 g/mol. The van der Waals surface area contributed by atoms with Crippen molar-refractivity contribution >= 4 is 11.9 Å². The Balaban J connectivity index is 1.69. The van der Waals surface area contributed by atoms with E-state index in [1.165, 1.54) is 18.3 Å². The molecule has 1 aliphatic rings. The van der Waals surface area contributed by atoms with Crippen LogP contribution in [0.2, 0.25) is 0 Å². The van der Waals surface area contributed by atoms with Crippen molar-refractivity contribution in [2.45, 2.75) is 31.7 Å². The lowest BCUT2D eigenvalue weighted by Crippen LogP contribution is -2.38. The third-order valence-corrected chi connectivity index (χ3v) is 4.41. The van der Waals surface area contributed by atoms with E-state index in [4.69, 9.17) is 5.11 Å². The number of benzene rings is 1. The van der Waals surface area contributed by atoms with E-state index < -0.39 is 5.97 Å². The second-order valence-corrected chi connectivity index (χ2v) is 6.03. The molecule has 3 N–H and O–H groups in total. The standard InChI is InChI=1S/C17H18FN3O3/c18-12-3-1-2-11(8-12)15-14(9-19-21-15)16(22)20-13-6-4-10(5-7-13)17(23)24/h1-3,8-10,13H,4-7H2,(H,19,21)(H,20,22)(H,23,24). The molecule has 1 heterocycles. The summed E-state index contributed by atoms with van der Waals surface area (Å²) in [5.74, 6) is -1.78. The molecule has 0 radical (unpaired) electrons. The molecule has 0 aliphatic heterocycles. The molecule has 0 atom stereocenters. The van der Waals surface area contributed by atoms with Crippen molar-refractivity contribution in [2.75, 3.05) is 0 Å². The van der Waals surface area contributed by atoms with Gasteiger partial charge >= 0.3 is 5.97 Å². The van der Waals surface area contributed by atoms with Crippen molar-refractivity contribution in [2.24, 2.45) is 5.92 Å². The Labute approximate surface area is 138 Å². The van der Waals surface area contributed by atoms with Gasteiger partial charge in [-0.15, -0.1) is 0 Å². The zero-order valence-corrected chi connectivity index (χ0v) is 13.0. The fourth-order valence-corrected chi connectivity index (χ4v) is 3.07. The molecule has 0 saturated heterocycles. The molecule has 0 spiro atoms. The van der Waals surface area contributed by atoms with Gasteiger partial charge in [0.2, 0.25) is 0 Å². The van der Waals surface area contributed by atoms with Gasteiger partial charge in [0.25, 0.3) is 5.91 Å². The van der Waals surface area contributed by atoms with Crippen LogP contribution >= 0.6 is 0 Å². The topological polar surface area (TPSA) is 95.1 Å². The van der Waals surface area contributed by atoms with E-state index in [1.54, 1.807) is 12.1 Å². The quantitative estimate of drug-likeness (QED) is 0.802. The van der Waals surface area contributed by atoms with Crippen LogP contribution in [0.15, 0.2) is 30.5 Å². The number of aliphatic carboxylic acids is 1. The Kier molecular flexibility index (Phi) is 4.59. The van der Waals surface area contributed by atoms with Crippen molar-refractivity contribution in [3.8, 4) is 11.3 Å². The molecule has 1 fully saturated rings. The van der Waals surface area contributed by atoms with E-state index in [0.717, 1.165) is 0 Å². The Hall–Kier alpha value is -2.70. The smallest absolute Gasteiger partial charge is 0.306 e. The van der Waals surface area contributed by atoms with Crippen molar-refractivity contribution in [3.63, 3.8) is 0 Å². The van der Waals surface area contributed by atoms with Gasteiger partial charge in [0.1, 0.15) is 5.82 Å². The number of hydrogen-bond donors (Lipinski definition) is 3. The Bertz CT molecular complexity index is 751. The highest BCUT2D eigenvalue weighted by Crippen LogP contribution is 2.26. The molecule has 6 nitrogen and oxygen atoms in total. The van der Waals surface area contributed by atoms with Crippen LogP contribution in [0.5, 0.6) is 0 Å². The maximum Gasteiger partial charge on any atom is 0.306 e. The SMILES string of the molecule is O=C(NC1CCC(C(=O)O)CC1)c1cn[nH]c1-c1cccc(F)c1. The van der Waals surface area contributed by atoms with Gasteiger partial charge in [-0.2, -0.15) is 5.10 Å². The number of aromatic nitrogens is 2. The molecule has 1 amide bonds. The maximum atomic E-state index is 13.4. The van der Waals surface area contributed by atoms with Gasteiger partial charge in [0, 0.05) is 11.6 Å². The van der Waals surface area contributed by atoms with E-state index in [9.17, 15) is 14.0 Å². The summed E-state index contributed by atoms with van der Waals surface area (Å²) in [6.45, 7) is 0. The molecule has 0 bridgehead atoms. The average molecular weight is 331 g/mol. The van der Waals surface area contributed by atoms with Crippen LogP contribution in [0.4, 0.5) is 4.39 Å². The van der Waals surface area contributed by atoms with Crippen LogP contribution < -0.4 is 5.32 Å². The van der Waals surface area contributed by atoms with E-state index in [1.807, 2.05) is 0 Å². The minimum absolute atomic E-state index is 0.0524. The predicted molar refractivity (Wildman–Crippen MR) is 84.8 cm³/mol. The lowest BCUT2D eigenvalue weighted by molar-refractivity contribution is -0.142. The van der Waals surface area contributed by atoms with E-state index in [0.29, 0.717) is 42.5 Å². The highest BCUT2D eigenvalue weighted by atomic mass is 19.1. The number of carboxylic acid groups (broad SMARTS) is 1. The highest BCUT2D eigenvalue weighted by molar-refractivity contribution is 5.99. The number of rotatable bonds is 4. The average Bonchev–Trinajstić information content (AvgIpc) is 3.05. The molecule has 1 aliphatic carbocycles. The summed E-state index contributed by atoms with van der Waals surface area (Å²) in [5, 5.41) is 18.6. The minimum atomic E-state index is -0.775. The third kappa shape index (κ3) is 3.45. The molecule has 7 heteroatoms. The number of carboxylic acids is 1. The molecule has 24 heavy (non-hydrogen) atoms. The first-order valence-electron chi connectivity index (χ1n) is 7.87. The fraction of sp³-hybridized carbons (Fsp3) is 0.353. The normalized spacial score (nSPS) is 20.5. The van der Waals surface area contributed by atoms with E-state index in [2.05, 4.69) is 15.5 Å². The van der Waals surface area contributed by atoms with Gasteiger partial charge in [0.15, 0.2) is 0 Å². The van der Waals surface area contributed by atoms with Crippen LogP contribution in [0, 0.1) is 11.7 Å². The van der Waals surface area contributed by atoms with Crippen molar-refractivity contribution in [3.05, 3.63) is 41.8 Å². The lowest BCUT2D eigenvalue weighted by Gasteiger charge is -2.26. The molecule has 126 valence electrons. The van der Waals surface area contributed by atoms with Crippen molar-refractivity contribution in [1.29, 1.82) is 0 Å². The number of H-pyrrole nitrogens is 1. The Morgan fingerprint density at radius 1 is 1.25 bits per heavy atom. The Morgan fingerprint density at radius 2 is 2.00 bits per heavy atom. The number of halogens is 1. The summed E-state index contributed by atoms with van der Waals surface area (Å²) < 4.78 is 13.4. The van der Waals surface area contributed by atoms with E-state index >= 15 is 0 Å². The van der Waals surface area contributed by atoms with Gasteiger partial charge < -0.3 is 10.4 Å². The fourth-order valence-electron chi connectivity index (χ4n) is 3.07. The summed E-state index contributed by atoms with van der Waals surface area (Å²) in [4.78, 5) is 23.5. The first-order chi connectivity index (χ1) is 11.5. The van der Waals surface area contributed by atoms with Gasteiger partial charge in [-0.3, -0.25) is 14.7 Å². The number of nitrogens with one attached hydrogen (secondary N) is 2. The largest absolute Gasteiger partial charge is 0.481 e. The minimum Gasteiger partial charge on any atom is -0.481 e. The number of carbonyl (C=O) groups is 2. The van der Waals surface area contributed by atoms with Gasteiger partial charge in [-0.25, -0.2) is 4.39 Å². The molecule has 2 aromatic rings. The molecule has 1 saturated carbocycles. The number of nitrogens with zero attached hydrogens (tertiary/aromatic N) is 1. The van der Waals surface area contributed by atoms with Crippen LogP contribution in [0.25, 0.3) is 11.3 Å². The van der Waals surface area contributed by atoms with Crippen LogP contribution in [0.3, 0.4) is 0 Å². The summed E-state index contributed by atoms with van der Waals surface area (Å²) in [7, 11) is 0. The summed E-state index contributed by atoms with van der Waals surface area (Å²) >= 11 is 0. The summed E-state index contributed by atoms with van der Waals surface area (Å²) in [6.07, 6.45) is 3.80. The number of hydrogen-bond acceptors (Lipinski definition) is 3. The molecule has 0 unspecified atom stereocenters. The molecule has 1 aromatic carbocycles. The van der Waals surface area contributed by atoms with E-state index in [-0.39, 0.29) is 23.7 Å². The predicted octanol–water partition coefficient (Wildman–Crippen LogP) is 2.59. The number of aromatic amines is 1. The first-order valence-corrected chi connectivity index (χ1v) is 7.87. The number of carbonyl (C=O) groups excluding carboxylic acids is 1. The summed E-state index contributed by atoms with van der Waals surface area (Å²) in [6, 6.07) is 5.89. The number of amides is 1. The second-order valence-electron chi connectivity index (χ2n) is 6.03. The zero-order chi connectivity index (χ0) is 17.1. The molecular formula is C17H18FN3O3. The first kappa shape index (κ1) is 16.2. The van der Waals surface area contributed by atoms with Gasteiger partial charge in [0.05, 0.1) is 23.4 Å². The van der Waals surface area contributed by atoms with Gasteiger partial charge in [-0.05, 0) is 37.8 Å². The maximum absolute atomic E-state index is 13.4. The van der Waals surface area contributed by atoms with Crippen LogP contribution in [-0.4, -0.2) is 33.2 Å². The van der Waals surface area contributed by atoms with Crippen molar-refractivity contribution in [1.82, 2.24) is 15.5 Å². The molecular weight excluding hydrogens is 313 g/mol. The third-order valence-electron chi connectivity index (χ3n) is 4.41. The van der Waals surface area contributed by atoms with Gasteiger partial charge in [-0.1, -0.05) is 12.1 Å². The second kappa shape index (κ2) is 6.82. The van der Waals surface area contributed by atoms with Crippen LogP contribution in [-0.2, 0) is 4.79 Å². The molecule has 1 aromatic heterocycles. The highest BCUT2D eigenvalue weighted by Gasteiger charge is 2.27. The van der Waals surface area contributed by atoms with Crippen molar-refractivity contribution < 1.29 is 19.1 Å². The lowest BCUT2D eigenvalue weighted by atomic mass is 9.86. The molecule has 3 rings (SSSR count). The van der Waals surface area contributed by atoms with Crippen LogP contribution in [0.1, 0.15) is 36.0 Å². The Morgan fingerprint density at radius 3 is 2.67 bits per heavy atom. The summed E-state index contributed by atoms with van der Waals surface area (Å²) in [5.41, 5.74) is 1.36.